The van der Waals surface area contributed by atoms with Crippen molar-refractivity contribution >= 4 is 19.0 Å². The van der Waals surface area contributed by atoms with E-state index in [-0.39, 0.29) is 18.3 Å². The lowest BCUT2D eigenvalue weighted by Crippen LogP contribution is -2.45. The van der Waals surface area contributed by atoms with Crippen LogP contribution in [0.4, 0.5) is 0 Å². The quantitative estimate of drug-likeness (QED) is 0.138. The molecule has 0 radical (unpaired) electrons. The Bertz CT molecular complexity index is 270. The summed E-state index contributed by atoms with van der Waals surface area (Å²) in [5.41, 5.74) is 15.9. The molecule has 1 atom stereocenters. The first kappa shape index (κ1) is 15.7. The molecular formula is C8H20BN5O3. The third kappa shape index (κ3) is 7.56. The smallest absolute Gasteiger partial charge is 0.426 e. The van der Waals surface area contributed by atoms with E-state index in [1.54, 1.807) is 0 Å². The van der Waals surface area contributed by atoms with E-state index in [0.717, 1.165) is 0 Å². The molecule has 0 aromatic carbocycles. The van der Waals surface area contributed by atoms with Crippen molar-refractivity contribution in [2.75, 3.05) is 20.0 Å². The number of rotatable bonds is 7. The van der Waals surface area contributed by atoms with E-state index in [9.17, 15) is 4.79 Å². The van der Waals surface area contributed by atoms with Gasteiger partial charge in [0.05, 0.1) is 12.5 Å². The van der Waals surface area contributed by atoms with Crippen LogP contribution in [0.25, 0.3) is 0 Å². The second-order valence-corrected chi connectivity index (χ2v) is 3.75. The minimum absolute atomic E-state index is 0.00502. The molecule has 0 unspecified atom stereocenters. The van der Waals surface area contributed by atoms with Gasteiger partial charge in [0.15, 0.2) is 5.96 Å². The van der Waals surface area contributed by atoms with Crippen molar-refractivity contribution in [1.29, 1.82) is 0 Å². The Morgan fingerprint density at radius 3 is 2.53 bits per heavy atom. The van der Waals surface area contributed by atoms with Crippen LogP contribution in [0.1, 0.15) is 12.8 Å². The van der Waals surface area contributed by atoms with Crippen LogP contribution in [0.15, 0.2) is 4.99 Å². The molecular weight excluding hydrogens is 225 g/mol. The Balaban J connectivity index is 3.93. The van der Waals surface area contributed by atoms with Crippen LogP contribution in [-0.2, 0) is 4.79 Å². The molecule has 0 aliphatic rings. The summed E-state index contributed by atoms with van der Waals surface area (Å²) < 4.78 is 0. The lowest BCUT2D eigenvalue weighted by Gasteiger charge is -2.20. The number of guanidine groups is 1. The van der Waals surface area contributed by atoms with Crippen molar-refractivity contribution < 1.29 is 14.8 Å². The van der Waals surface area contributed by atoms with Gasteiger partial charge < -0.3 is 32.1 Å². The molecule has 9 heteroatoms. The van der Waals surface area contributed by atoms with E-state index < -0.39 is 13.2 Å². The van der Waals surface area contributed by atoms with Crippen LogP contribution < -0.4 is 17.2 Å². The zero-order valence-corrected chi connectivity index (χ0v) is 9.91. The Morgan fingerprint density at radius 2 is 2.06 bits per heavy atom. The standard InChI is InChI=1S/C8H20BN5O3/c1-14(5-9(16)17)7(15)6(10)3-2-4-13-8(11)12/h6,16-17H,2-5,10H2,1H3,(H4,11,12,13)/t6-/m0/s1. The van der Waals surface area contributed by atoms with Gasteiger partial charge in [0.1, 0.15) is 0 Å². The monoisotopic (exact) mass is 245 g/mol. The van der Waals surface area contributed by atoms with E-state index in [1.807, 2.05) is 0 Å². The lowest BCUT2D eigenvalue weighted by atomic mass is 9.91. The first-order valence-electron chi connectivity index (χ1n) is 5.26. The van der Waals surface area contributed by atoms with Crippen LogP contribution >= 0.6 is 0 Å². The molecule has 17 heavy (non-hydrogen) atoms. The van der Waals surface area contributed by atoms with Crippen LogP contribution in [0, 0.1) is 0 Å². The predicted molar refractivity (Wildman–Crippen MR) is 65.7 cm³/mol. The van der Waals surface area contributed by atoms with Crippen molar-refractivity contribution in [3.8, 4) is 0 Å². The maximum Gasteiger partial charge on any atom is 0.472 e. The number of nitrogens with two attached hydrogens (primary N) is 3. The van der Waals surface area contributed by atoms with Gasteiger partial charge in [-0.25, -0.2) is 0 Å². The largest absolute Gasteiger partial charge is 0.472 e. The Morgan fingerprint density at radius 1 is 1.47 bits per heavy atom. The average molecular weight is 245 g/mol. The van der Waals surface area contributed by atoms with Crippen molar-refractivity contribution in [3.05, 3.63) is 0 Å². The van der Waals surface area contributed by atoms with E-state index in [0.29, 0.717) is 19.4 Å². The molecule has 8 nitrogen and oxygen atoms in total. The number of hydrogen-bond acceptors (Lipinski definition) is 5. The van der Waals surface area contributed by atoms with Crippen LogP contribution in [0.2, 0.25) is 0 Å². The van der Waals surface area contributed by atoms with Crippen LogP contribution in [-0.4, -0.2) is 60.0 Å². The third-order valence-corrected chi connectivity index (χ3v) is 2.10. The van der Waals surface area contributed by atoms with E-state index in [4.69, 9.17) is 27.2 Å². The van der Waals surface area contributed by atoms with Crippen molar-refractivity contribution in [3.63, 3.8) is 0 Å². The third-order valence-electron chi connectivity index (χ3n) is 2.10. The molecule has 0 aliphatic heterocycles. The van der Waals surface area contributed by atoms with Gasteiger partial charge in [0.25, 0.3) is 0 Å². The lowest BCUT2D eigenvalue weighted by molar-refractivity contribution is -0.130. The second-order valence-electron chi connectivity index (χ2n) is 3.75. The topological polar surface area (TPSA) is 151 Å². The summed E-state index contributed by atoms with van der Waals surface area (Å²) in [5, 5.41) is 17.4. The fraction of sp³-hybridized carbons (Fsp3) is 0.750. The molecule has 0 aromatic heterocycles. The summed E-state index contributed by atoms with van der Waals surface area (Å²) in [6.45, 7) is 0.412. The molecule has 0 aliphatic carbocycles. The van der Waals surface area contributed by atoms with E-state index in [1.165, 1.54) is 11.9 Å². The number of aliphatic imine (C=N–C) groups is 1. The zero-order valence-electron chi connectivity index (χ0n) is 9.91. The van der Waals surface area contributed by atoms with Gasteiger partial charge in [-0.2, -0.15) is 0 Å². The summed E-state index contributed by atoms with van der Waals surface area (Å²) >= 11 is 0. The molecule has 0 saturated heterocycles. The average Bonchev–Trinajstić information content (AvgIpc) is 2.21. The van der Waals surface area contributed by atoms with Crippen molar-refractivity contribution in [1.82, 2.24) is 4.90 Å². The molecule has 1 amide bonds. The summed E-state index contributed by atoms with van der Waals surface area (Å²) in [5.74, 6) is -0.340. The fourth-order valence-corrected chi connectivity index (χ4v) is 1.26. The first-order chi connectivity index (χ1) is 7.84. The number of amides is 1. The molecule has 0 saturated carbocycles. The minimum Gasteiger partial charge on any atom is -0.426 e. The molecule has 0 rings (SSSR count). The number of hydrogen-bond donors (Lipinski definition) is 5. The van der Waals surface area contributed by atoms with Gasteiger partial charge in [-0.3, -0.25) is 9.79 Å². The molecule has 0 heterocycles. The predicted octanol–water partition coefficient (Wildman–Crippen LogP) is -3.16. The Labute approximate surface area is 101 Å². The normalized spacial score (nSPS) is 11.8. The molecule has 0 spiro atoms. The SMILES string of the molecule is CN(CB(O)O)C(=O)[C@@H](N)CCCN=C(N)N. The fourth-order valence-electron chi connectivity index (χ4n) is 1.26. The van der Waals surface area contributed by atoms with E-state index in [2.05, 4.69) is 4.99 Å². The van der Waals surface area contributed by atoms with Crippen molar-refractivity contribution in [2.24, 2.45) is 22.2 Å². The maximum absolute atomic E-state index is 11.6. The van der Waals surface area contributed by atoms with Gasteiger partial charge in [-0.05, 0) is 12.8 Å². The highest BCUT2D eigenvalue weighted by Gasteiger charge is 2.21. The van der Waals surface area contributed by atoms with Crippen LogP contribution in [0.5, 0.6) is 0 Å². The zero-order chi connectivity index (χ0) is 13.4. The summed E-state index contributed by atoms with van der Waals surface area (Å²) in [4.78, 5) is 16.5. The highest BCUT2D eigenvalue weighted by atomic mass is 16.4. The minimum atomic E-state index is -1.56. The maximum atomic E-state index is 11.6. The Kier molecular flexibility index (Phi) is 7.27. The number of likely N-dealkylation sites (N-methyl/N-ethyl adjacent to an activating group) is 1. The summed E-state index contributed by atoms with van der Waals surface area (Å²) in [7, 11) is -0.102. The first-order valence-corrected chi connectivity index (χ1v) is 5.26. The molecule has 0 aromatic rings. The highest BCUT2D eigenvalue weighted by Crippen LogP contribution is 1.99. The molecule has 0 fully saturated rings. The molecule has 8 N–H and O–H groups in total. The van der Waals surface area contributed by atoms with Crippen molar-refractivity contribution in [2.45, 2.75) is 18.9 Å². The number of nitrogens with zero attached hydrogens (tertiary/aromatic N) is 2. The van der Waals surface area contributed by atoms with Gasteiger partial charge in [0, 0.05) is 13.6 Å². The van der Waals surface area contributed by atoms with Gasteiger partial charge in [0.2, 0.25) is 5.91 Å². The second kappa shape index (κ2) is 7.88. The summed E-state index contributed by atoms with van der Waals surface area (Å²) in [6, 6.07) is -0.687. The van der Waals surface area contributed by atoms with E-state index >= 15 is 0 Å². The molecule has 98 valence electrons. The van der Waals surface area contributed by atoms with Crippen LogP contribution in [0.3, 0.4) is 0 Å². The van der Waals surface area contributed by atoms with Gasteiger partial charge in [-0.1, -0.05) is 0 Å². The number of carbonyl (C=O) groups excluding carboxylic acids is 1. The van der Waals surface area contributed by atoms with Gasteiger partial charge >= 0.3 is 7.12 Å². The van der Waals surface area contributed by atoms with Gasteiger partial charge in [-0.15, -0.1) is 0 Å². The number of carbonyl (C=O) groups is 1. The Hall–Kier alpha value is -1.32. The highest BCUT2D eigenvalue weighted by molar-refractivity contribution is 6.41. The molecule has 0 bridgehead atoms. The summed E-state index contributed by atoms with van der Waals surface area (Å²) in [6.07, 6.45) is 0.849.